The van der Waals surface area contributed by atoms with Gasteiger partial charge in [-0.2, -0.15) is 4.98 Å². The van der Waals surface area contributed by atoms with Crippen LogP contribution in [0.3, 0.4) is 0 Å². The number of hydrogen-bond donors (Lipinski definition) is 3. The van der Waals surface area contributed by atoms with Gasteiger partial charge < -0.3 is 19.7 Å². The minimum atomic E-state index is -0.883. The molecule has 7 heteroatoms. The van der Waals surface area contributed by atoms with Crippen LogP contribution < -0.4 is 10.2 Å². The van der Waals surface area contributed by atoms with E-state index in [4.69, 9.17) is 20.0 Å². The van der Waals surface area contributed by atoms with Gasteiger partial charge in [0, 0.05) is 6.20 Å². The monoisotopic (exact) mass is 225 g/mol. The minimum Gasteiger partial charge on any atom is -0.454 e. The zero-order chi connectivity index (χ0) is 11.3. The molecule has 0 amide bonds. The molecule has 16 heavy (non-hydrogen) atoms. The Morgan fingerprint density at radius 2 is 2.38 bits per heavy atom. The first-order valence-electron chi connectivity index (χ1n) is 4.95. The summed E-state index contributed by atoms with van der Waals surface area (Å²) < 4.78 is 12.5. The maximum absolute atomic E-state index is 9.80. The van der Waals surface area contributed by atoms with Crippen LogP contribution >= 0.6 is 0 Å². The smallest absolute Gasteiger partial charge is 0.301 e. The van der Waals surface area contributed by atoms with Crippen molar-refractivity contribution in [1.29, 1.82) is 5.41 Å². The summed E-state index contributed by atoms with van der Waals surface area (Å²) in [6.07, 6.45) is -0.930. The molecular weight excluding hydrogens is 214 g/mol. The summed E-state index contributed by atoms with van der Waals surface area (Å²) in [5, 5.41) is 26.1. The van der Waals surface area contributed by atoms with E-state index in [1.54, 1.807) is 10.8 Å². The molecule has 0 saturated carbocycles. The largest absolute Gasteiger partial charge is 0.454 e. The Hall–Kier alpha value is -1.44. The minimum absolute atomic E-state index is 0.0967. The van der Waals surface area contributed by atoms with E-state index < -0.39 is 24.5 Å². The van der Waals surface area contributed by atoms with Gasteiger partial charge in [-0.15, -0.1) is 0 Å². The van der Waals surface area contributed by atoms with Crippen LogP contribution in [0.25, 0.3) is 0 Å². The third kappa shape index (κ3) is 1.19. The van der Waals surface area contributed by atoms with Gasteiger partial charge in [-0.25, -0.2) is 0 Å². The first-order chi connectivity index (χ1) is 7.70. The molecule has 2 aliphatic heterocycles. The molecule has 3 N–H and O–H groups in total. The Morgan fingerprint density at radius 3 is 3.12 bits per heavy atom. The van der Waals surface area contributed by atoms with Crippen LogP contribution in [0.2, 0.25) is 0 Å². The number of aliphatic hydroxyl groups excluding tert-OH is 2. The van der Waals surface area contributed by atoms with E-state index in [2.05, 4.69) is 4.98 Å². The number of ether oxygens (including phenoxy) is 2. The van der Waals surface area contributed by atoms with Crippen LogP contribution in [0.1, 0.15) is 6.23 Å². The molecule has 0 bridgehead atoms. The molecule has 1 saturated heterocycles. The molecule has 0 radical (unpaired) electrons. The third-order valence-corrected chi connectivity index (χ3v) is 2.84. The average Bonchev–Trinajstić information content (AvgIpc) is 2.75. The summed E-state index contributed by atoms with van der Waals surface area (Å²) in [7, 11) is 0. The van der Waals surface area contributed by atoms with Crippen LogP contribution in [-0.4, -0.2) is 44.7 Å². The number of rotatable bonds is 1. The van der Waals surface area contributed by atoms with Crippen molar-refractivity contribution in [1.82, 2.24) is 9.55 Å². The normalized spacial score (nSPS) is 35.6. The van der Waals surface area contributed by atoms with E-state index in [0.717, 1.165) is 0 Å². The van der Waals surface area contributed by atoms with Gasteiger partial charge in [0.25, 0.3) is 0 Å². The highest BCUT2D eigenvalue weighted by Crippen LogP contribution is 2.38. The summed E-state index contributed by atoms with van der Waals surface area (Å²) in [6.45, 7) is -0.253. The number of aromatic nitrogens is 2. The molecule has 3 heterocycles. The summed E-state index contributed by atoms with van der Waals surface area (Å²) in [6, 6.07) is 1.77. The van der Waals surface area contributed by atoms with Gasteiger partial charge in [0.1, 0.15) is 12.2 Å². The third-order valence-electron chi connectivity index (χ3n) is 2.84. The molecule has 86 valence electrons. The van der Waals surface area contributed by atoms with Gasteiger partial charge in [0.15, 0.2) is 17.8 Å². The van der Waals surface area contributed by atoms with Gasteiger partial charge in [-0.3, -0.25) is 9.98 Å². The maximum Gasteiger partial charge on any atom is 0.301 e. The topological polar surface area (TPSA) is 101 Å². The molecule has 7 nitrogen and oxygen atoms in total. The second-order valence-corrected chi connectivity index (χ2v) is 3.82. The molecule has 3 rings (SSSR count). The first kappa shape index (κ1) is 9.76. The fourth-order valence-electron chi connectivity index (χ4n) is 2.04. The summed E-state index contributed by atoms with van der Waals surface area (Å²) in [5.74, 6) is 0. The maximum atomic E-state index is 9.80. The molecule has 0 aliphatic carbocycles. The predicted molar refractivity (Wildman–Crippen MR) is 49.5 cm³/mol. The fraction of sp³-hybridized carbons (Fsp3) is 0.556. The van der Waals surface area contributed by atoms with Gasteiger partial charge >= 0.3 is 6.01 Å². The molecule has 0 aromatic carbocycles. The second-order valence-electron chi connectivity index (χ2n) is 3.82. The highest BCUT2D eigenvalue weighted by atomic mass is 16.6. The van der Waals surface area contributed by atoms with E-state index in [1.807, 2.05) is 0 Å². The average molecular weight is 225 g/mol. The number of nitrogens with zero attached hydrogens (tertiary/aromatic N) is 2. The van der Waals surface area contributed by atoms with Crippen molar-refractivity contribution >= 4 is 0 Å². The Labute approximate surface area is 90.4 Å². The van der Waals surface area contributed by atoms with Crippen LogP contribution in [0, 0.1) is 5.41 Å². The van der Waals surface area contributed by atoms with Crippen LogP contribution in [0.4, 0.5) is 0 Å². The number of fused-ring (bicyclic) bond motifs is 3. The Bertz CT molecular complexity index is 474. The highest BCUT2D eigenvalue weighted by molar-refractivity contribution is 5.10. The van der Waals surface area contributed by atoms with Crippen LogP contribution in [0.5, 0.6) is 6.01 Å². The highest BCUT2D eigenvalue weighted by Gasteiger charge is 2.50. The van der Waals surface area contributed by atoms with Crippen molar-refractivity contribution in [3.05, 3.63) is 17.8 Å². The summed E-state index contributed by atoms with van der Waals surface area (Å²) in [4.78, 5) is 3.88. The van der Waals surface area contributed by atoms with E-state index in [1.165, 1.54) is 6.07 Å². The molecular formula is C9H11N3O4. The fourth-order valence-corrected chi connectivity index (χ4v) is 2.04. The molecule has 1 aromatic rings. The van der Waals surface area contributed by atoms with Crippen LogP contribution in [0.15, 0.2) is 12.3 Å². The zero-order valence-electron chi connectivity index (χ0n) is 8.28. The lowest BCUT2D eigenvalue weighted by Gasteiger charge is -2.14. The van der Waals surface area contributed by atoms with Crippen molar-refractivity contribution in [3.63, 3.8) is 0 Å². The van der Waals surface area contributed by atoms with Crippen molar-refractivity contribution < 1.29 is 19.7 Å². The molecule has 0 unspecified atom stereocenters. The van der Waals surface area contributed by atoms with Crippen molar-refractivity contribution in [3.8, 4) is 6.01 Å². The van der Waals surface area contributed by atoms with Gasteiger partial charge in [-0.1, -0.05) is 0 Å². The lowest BCUT2D eigenvalue weighted by Crippen LogP contribution is -2.34. The van der Waals surface area contributed by atoms with Crippen molar-refractivity contribution in [2.45, 2.75) is 24.5 Å². The SMILES string of the molecule is N=c1ccn2c(n1)O[C@H]1[C@@H](O)[C@@H](CO)O[C@H]12. The first-order valence-corrected chi connectivity index (χ1v) is 4.95. The predicted octanol–water partition coefficient (Wildman–Crippen LogP) is -1.63. The molecule has 0 spiro atoms. The lowest BCUT2D eigenvalue weighted by molar-refractivity contribution is -0.0434. The van der Waals surface area contributed by atoms with E-state index >= 15 is 0 Å². The van der Waals surface area contributed by atoms with E-state index in [0.29, 0.717) is 0 Å². The second kappa shape index (κ2) is 3.27. The number of hydrogen-bond acceptors (Lipinski definition) is 6. The van der Waals surface area contributed by atoms with Gasteiger partial charge in [0.2, 0.25) is 0 Å². The lowest BCUT2D eigenvalue weighted by atomic mass is 10.1. The Morgan fingerprint density at radius 1 is 1.56 bits per heavy atom. The molecule has 1 fully saturated rings. The van der Waals surface area contributed by atoms with E-state index in [-0.39, 0.29) is 18.1 Å². The van der Waals surface area contributed by atoms with E-state index in [9.17, 15) is 5.11 Å². The number of nitrogens with one attached hydrogen (secondary N) is 1. The van der Waals surface area contributed by atoms with Gasteiger partial charge in [-0.05, 0) is 6.07 Å². The standard InChI is InChI=1S/C9H11N3O4/c10-5-1-2-12-8-7(16-9(12)11-5)6(14)4(3-13)15-8/h1-2,4,6-8,10,13-14H,3H2/t4-,6+,7+,8-/m1/s1. The van der Waals surface area contributed by atoms with Crippen molar-refractivity contribution in [2.24, 2.45) is 0 Å². The zero-order valence-corrected chi connectivity index (χ0v) is 8.28. The quantitative estimate of drug-likeness (QED) is 0.533. The van der Waals surface area contributed by atoms with Crippen LogP contribution in [-0.2, 0) is 4.74 Å². The Balaban J connectivity index is 1.99. The summed E-state index contributed by atoms with van der Waals surface area (Å²) >= 11 is 0. The van der Waals surface area contributed by atoms with Crippen molar-refractivity contribution in [2.75, 3.05) is 6.61 Å². The Kier molecular flexibility index (Phi) is 2.00. The molecule has 4 atom stereocenters. The molecule has 2 aliphatic rings. The van der Waals surface area contributed by atoms with Gasteiger partial charge in [0.05, 0.1) is 6.61 Å². The molecule has 1 aromatic heterocycles. The summed E-state index contributed by atoms with van der Waals surface area (Å²) in [5.41, 5.74) is 0.0967. The number of aliphatic hydroxyl groups is 2.